The van der Waals surface area contributed by atoms with Crippen molar-refractivity contribution in [2.24, 2.45) is 22.9 Å². The first-order valence-corrected chi connectivity index (χ1v) is 26.6. The minimum Gasteiger partial charge on any atom is -0.495 e. The van der Waals surface area contributed by atoms with Crippen molar-refractivity contribution in [3.8, 4) is 16.9 Å². The number of methoxy groups -OCH3 is 1. The van der Waals surface area contributed by atoms with Crippen LogP contribution >= 0.6 is 46.4 Å². The molecule has 1 heterocycles. The molecule has 0 radical (unpaired) electrons. The molecule has 2 amide bonds. The molecule has 1 fully saturated rings. The molecule has 2 aliphatic rings. The summed E-state index contributed by atoms with van der Waals surface area (Å²) in [7, 11) is 1.46. The summed E-state index contributed by atoms with van der Waals surface area (Å²) in [5.74, 6) is -6.07. The molecule has 6 rings (SSSR count). The molecule has 77 heavy (non-hydrogen) atoms. The Morgan fingerprint density at radius 3 is 2.14 bits per heavy atom. The first kappa shape index (κ1) is 60.2. The van der Waals surface area contributed by atoms with Crippen LogP contribution in [0.5, 0.6) is 5.75 Å². The highest BCUT2D eigenvalue weighted by Gasteiger charge is 2.47. The molecule has 4 aromatic rings. The lowest BCUT2D eigenvalue weighted by Crippen LogP contribution is -2.43. The average molecular weight is 1140 g/mol. The van der Waals surface area contributed by atoms with Gasteiger partial charge in [0.05, 0.1) is 24.2 Å². The number of amides is 2. The van der Waals surface area contributed by atoms with Crippen LogP contribution in [-0.4, -0.2) is 97.3 Å². The minimum atomic E-state index is -1.92. The number of halogens is 4. The van der Waals surface area contributed by atoms with Gasteiger partial charge in [0.2, 0.25) is 9.70 Å². The lowest BCUT2D eigenvalue weighted by atomic mass is 9.89. The second kappa shape index (κ2) is 28.0. The van der Waals surface area contributed by atoms with E-state index in [2.05, 4.69) is 20.7 Å². The average Bonchev–Trinajstić information content (AvgIpc) is 3.91. The Bertz CT molecular complexity index is 2730. The number of carbonyl (C=O) groups excluding carboxylic acids is 5. The van der Waals surface area contributed by atoms with Crippen LogP contribution in [0.1, 0.15) is 88.2 Å². The van der Waals surface area contributed by atoms with Gasteiger partial charge in [0.25, 0.3) is 0 Å². The Labute approximate surface area is 468 Å². The van der Waals surface area contributed by atoms with Gasteiger partial charge in [-0.25, -0.2) is 14.4 Å². The van der Waals surface area contributed by atoms with Crippen molar-refractivity contribution < 1.29 is 57.1 Å². The highest BCUT2D eigenvalue weighted by molar-refractivity contribution is 6.67. The number of fused-ring (bicyclic) bond motifs is 3. The molecule has 7 atom stereocenters. The van der Waals surface area contributed by atoms with Gasteiger partial charge in [-0.3, -0.25) is 9.59 Å². The fraction of sp³-hybridized carbons (Fsp3) is 0.446. The van der Waals surface area contributed by atoms with Crippen LogP contribution in [-0.2, 0) is 54.0 Å². The monoisotopic (exact) mass is 1140 g/mol. The number of hydrogen-bond acceptors (Lipinski definition) is 13. The zero-order valence-electron chi connectivity index (χ0n) is 43.5. The van der Waals surface area contributed by atoms with Crippen LogP contribution in [0.2, 0.25) is 5.02 Å². The number of nitrogens with zero attached hydrogens (tertiary/aromatic N) is 3. The van der Waals surface area contributed by atoms with E-state index in [1.54, 1.807) is 32.0 Å². The molecule has 21 heteroatoms. The molecule has 1 aliphatic carbocycles. The third-order valence-electron chi connectivity index (χ3n) is 12.9. The van der Waals surface area contributed by atoms with Crippen LogP contribution in [0, 0.1) is 17.8 Å². The molecule has 412 valence electrons. The van der Waals surface area contributed by atoms with Gasteiger partial charge in [-0.05, 0) is 89.7 Å². The van der Waals surface area contributed by atoms with E-state index in [0.29, 0.717) is 11.3 Å². The summed E-state index contributed by atoms with van der Waals surface area (Å²) in [6, 6.07) is 28.8. The Morgan fingerprint density at radius 1 is 0.857 bits per heavy atom. The molecule has 0 unspecified atom stereocenters. The Hall–Kier alpha value is -6.04. The molecule has 0 spiro atoms. The number of esters is 3. The van der Waals surface area contributed by atoms with Crippen LogP contribution < -0.4 is 15.4 Å². The number of alkyl carbamates (subject to hydrolysis) is 1. The summed E-state index contributed by atoms with van der Waals surface area (Å²) in [6.45, 7) is 8.11. The van der Waals surface area contributed by atoms with E-state index in [4.69, 9.17) is 85.1 Å². The Kier molecular flexibility index (Phi) is 21.9. The maximum absolute atomic E-state index is 14.5. The number of rotatable bonds is 25. The third-order valence-corrected chi connectivity index (χ3v) is 13.5. The number of alkyl halides is 3. The van der Waals surface area contributed by atoms with E-state index in [0.717, 1.165) is 27.8 Å². The number of azide groups is 1. The molecule has 1 aliphatic heterocycles. The first-order valence-electron chi connectivity index (χ1n) is 25.1. The SMILES string of the molecule is COc1ccc(C[C@@H](NC(=O)/C=C/C[C@H](OC(=O)[C@H](CC(C)C)OC(=O)[C@@H](CCN=[N+]=[N-])CNC(=O)OCC2c3ccccc3-c3ccccc32)[C@H](C)[C@H]2OC(C)(C)O[C@@H]2c2ccccc2)C(=O)OCC(Cl)(Cl)Cl)cc1Cl. The summed E-state index contributed by atoms with van der Waals surface area (Å²) in [6.07, 6.45) is -2.02. The molecule has 2 N–H and O–H groups in total. The number of nitrogens with one attached hydrogen (secondary N) is 2. The van der Waals surface area contributed by atoms with E-state index < -0.39 is 88.4 Å². The molecule has 4 aromatic carbocycles. The van der Waals surface area contributed by atoms with Gasteiger partial charge in [-0.2, -0.15) is 0 Å². The largest absolute Gasteiger partial charge is 0.495 e. The molecular formula is C56H63Cl4N5O12. The van der Waals surface area contributed by atoms with E-state index in [-0.39, 0.29) is 62.2 Å². The highest BCUT2D eigenvalue weighted by Crippen LogP contribution is 2.45. The van der Waals surface area contributed by atoms with Crippen LogP contribution in [0.3, 0.4) is 0 Å². The summed E-state index contributed by atoms with van der Waals surface area (Å²) >= 11 is 23.9. The molecule has 0 saturated carbocycles. The van der Waals surface area contributed by atoms with Gasteiger partial charge in [0.15, 0.2) is 11.9 Å². The lowest BCUT2D eigenvalue weighted by Gasteiger charge is -2.31. The maximum Gasteiger partial charge on any atom is 0.407 e. The highest BCUT2D eigenvalue weighted by atomic mass is 35.6. The minimum absolute atomic E-state index is 0.0302. The number of ether oxygens (including phenoxy) is 7. The standard InChI is InChI=1S/C56H63Cl4N5O12/c1-33(2)27-47(75-51(67)37(25-26-63-65-61)30-62-54(70)72-31-42-40-19-12-10-17-38(40)39-18-11-13-20-41(39)42)53(69)74-45(34(3)49-50(77-55(4,5)76-49)36-15-8-7-9-16-36)21-14-22-48(66)64-44(52(68)73-32-56(58,59)60)29-35-23-24-46(71-6)43(57)28-35/h7-20,22-24,28,33-34,37,42,44-45,47,49-50H,21,25-27,29-32H2,1-6H3,(H,62,70)(H,64,66)/b22-14+/t34-,37-,44+,45-,47-,49+,50+/m0/s1. The summed E-state index contributed by atoms with van der Waals surface area (Å²) < 4.78 is 39.4. The van der Waals surface area contributed by atoms with Crippen LogP contribution in [0.15, 0.2) is 114 Å². The van der Waals surface area contributed by atoms with Crippen molar-refractivity contribution in [2.45, 2.75) is 106 Å². The smallest absolute Gasteiger partial charge is 0.407 e. The molecule has 1 saturated heterocycles. The topological polar surface area (TPSA) is 223 Å². The van der Waals surface area contributed by atoms with Crippen molar-refractivity contribution in [2.75, 3.05) is 33.4 Å². The zero-order chi connectivity index (χ0) is 55.9. The van der Waals surface area contributed by atoms with E-state index in [1.165, 1.54) is 19.3 Å². The Morgan fingerprint density at radius 2 is 1.52 bits per heavy atom. The quantitative estimate of drug-likeness (QED) is 0.0120. The van der Waals surface area contributed by atoms with E-state index in [1.807, 2.05) is 99.6 Å². The summed E-state index contributed by atoms with van der Waals surface area (Å²) in [5, 5.41) is 9.17. The molecule has 17 nitrogen and oxygen atoms in total. The fourth-order valence-corrected chi connectivity index (χ4v) is 9.65. The lowest BCUT2D eigenvalue weighted by molar-refractivity contribution is -0.180. The van der Waals surface area contributed by atoms with Gasteiger partial charge in [-0.1, -0.05) is 163 Å². The predicted molar refractivity (Wildman–Crippen MR) is 291 cm³/mol. The van der Waals surface area contributed by atoms with Crippen molar-refractivity contribution in [1.29, 1.82) is 0 Å². The van der Waals surface area contributed by atoms with Crippen LogP contribution in [0.4, 0.5) is 4.79 Å². The zero-order valence-corrected chi connectivity index (χ0v) is 46.5. The molecule has 0 aromatic heterocycles. The fourth-order valence-electron chi connectivity index (χ4n) is 9.20. The molecule has 0 bridgehead atoms. The van der Waals surface area contributed by atoms with Gasteiger partial charge < -0.3 is 43.8 Å². The number of carbonyl (C=O) groups is 5. The van der Waals surface area contributed by atoms with E-state index in [9.17, 15) is 24.0 Å². The second-order valence-electron chi connectivity index (χ2n) is 19.6. The first-order chi connectivity index (χ1) is 36.7. The third kappa shape index (κ3) is 17.5. The second-order valence-corrected chi connectivity index (χ2v) is 22.5. The van der Waals surface area contributed by atoms with Gasteiger partial charge in [-0.15, -0.1) is 0 Å². The maximum atomic E-state index is 14.5. The van der Waals surface area contributed by atoms with Crippen molar-refractivity contribution in [3.63, 3.8) is 0 Å². The molecular weight excluding hydrogens is 1080 g/mol. The van der Waals surface area contributed by atoms with Gasteiger partial charge >= 0.3 is 24.0 Å². The predicted octanol–water partition coefficient (Wildman–Crippen LogP) is 11.5. The van der Waals surface area contributed by atoms with Crippen molar-refractivity contribution in [3.05, 3.63) is 147 Å². The van der Waals surface area contributed by atoms with Gasteiger partial charge in [0.1, 0.15) is 37.2 Å². The van der Waals surface area contributed by atoms with E-state index >= 15 is 0 Å². The summed E-state index contributed by atoms with van der Waals surface area (Å²) in [4.78, 5) is 71.7. The van der Waals surface area contributed by atoms with Crippen molar-refractivity contribution >= 4 is 76.3 Å². The summed E-state index contributed by atoms with van der Waals surface area (Å²) in [5.41, 5.74) is 14.6. The van der Waals surface area contributed by atoms with Crippen molar-refractivity contribution in [1.82, 2.24) is 10.6 Å². The van der Waals surface area contributed by atoms with Crippen LogP contribution in [0.25, 0.3) is 21.6 Å². The van der Waals surface area contributed by atoms with Gasteiger partial charge in [0, 0.05) is 42.7 Å². The Balaban J connectivity index is 1.19. The normalized spacial score (nSPS) is 17.6. The number of hydrogen-bond donors (Lipinski definition) is 2. The number of benzene rings is 4.